The average Bonchev–Trinajstić information content (AvgIpc) is 2.48. The molecule has 1 aromatic carbocycles. The summed E-state index contributed by atoms with van der Waals surface area (Å²) in [7, 11) is 0. The fourth-order valence-electron chi connectivity index (χ4n) is 1.73. The second kappa shape index (κ2) is 6.51. The predicted octanol–water partition coefficient (Wildman–Crippen LogP) is 2.41. The summed E-state index contributed by atoms with van der Waals surface area (Å²) >= 11 is 0. The molecule has 1 aromatic heterocycles. The molecule has 2 aromatic rings. The Labute approximate surface area is 121 Å². The smallest absolute Gasteiger partial charge is 0.335 e. The summed E-state index contributed by atoms with van der Waals surface area (Å²) in [4.78, 5) is 26.6. The number of carboxylic acid groups (broad SMARTS) is 1. The van der Waals surface area contributed by atoms with E-state index in [4.69, 9.17) is 5.11 Å². The Hall–Kier alpha value is -2.89. The SMILES string of the molecule is Cc1ncccc1NC(=O)NCc1ccc(C(=O)O)cc1. The summed E-state index contributed by atoms with van der Waals surface area (Å²) in [5, 5.41) is 14.2. The van der Waals surface area contributed by atoms with Crippen molar-refractivity contribution >= 4 is 17.7 Å². The molecule has 2 rings (SSSR count). The topological polar surface area (TPSA) is 91.3 Å². The van der Waals surface area contributed by atoms with Crippen LogP contribution in [0.15, 0.2) is 42.6 Å². The Morgan fingerprint density at radius 2 is 1.90 bits per heavy atom. The Morgan fingerprint density at radius 1 is 1.19 bits per heavy atom. The molecule has 6 heteroatoms. The summed E-state index contributed by atoms with van der Waals surface area (Å²) in [6.07, 6.45) is 1.66. The number of amides is 2. The van der Waals surface area contributed by atoms with Crippen molar-refractivity contribution in [3.05, 3.63) is 59.4 Å². The van der Waals surface area contributed by atoms with Gasteiger partial charge < -0.3 is 15.7 Å². The monoisotopic (exact) mass is 285 g/mol. The van der Waals surface area contributed by atoms with Crippen LogP contribution in [0.25, 0.3) is 0 Å². The molecule has 0 bridgehead atoms. The quantitative estimate of drug-likeness (QED) is 0.804. The van der Waals surface area contributed by atoms with Gasteiger partial charge in [0, 0.05) is 12.7 Å². The molecule has 0 unspecified atom stereocenters. The van der Waals surface area contributed by atoms with Crippen LogP contribution in [0.1, 0.15) is 21.6 Å². The highest BCUT2D eigenvalue weighted by Gasteiger charge is 2.05. The van der Waals surface area contributed by atoms with Crippen molar-refractivity contribution in [2.24, 2.45) is 0 Å². The van der Waals surface area contributed by atoms with Crippen LogP contribution in [-0.4, -0.2) is 22.1 Å². The van der Waals surface area contributed by atoms with E-state index in [0.717, 1.165) is 11.3 Å². The molecule has 1 heterocycles. The van der Waals surface area contributed by atoms with Crippen LogP contribution >= 0.6 is 0 Å². The zero-order chi connectivity index (χ0) is 15.2. The second-order valence-electron chi connectivity index (χ2n) is 4.45. The number of carbonyl (C=O) groups excluding carboxylic acids is 1. The first-order valence-electron chi connectivity index (χ1n) is 6.35. The number of hydrogen-bond donors (Lipinski definition) is 3. The number of carbonyl (C=O) groups is 2. The van der Waals surface area contributed by atoms with Gasteiger partial charge in [0.15, 0.2) is 0 Å². The number of hydrogen-bond acceptors (Lipinski definition) is 3. The van der Waals surface area contributed by atoms with Crippen molar-refractivity contribution < 1.29 is 14.7 Å². The number of pyridine rings is 1. The molecule has 0 saturated heterocycles. The van der Waals surface area contributed by atoms with E-state index in [9.17, 15) is 9.59 Å². The minimum atomic E-state index is -0.973. The third-order valence-corrected chi connectivity index (χ3v) is 2.91. The van der Waals surface area contributed by atoms with Crippen molar-refractivity contribution in [3.8, 4) is 0 Å². The largest absolute Gasteiger partial charge is 0.478 e. The minimum Gasteiger partial charge on any atom is -0.478 e. The second-order valence-corrected chi connectivity index (χ2v) is 4.45. The number of benzene rings is 1. The lowest BCUT2D eigenvalue weighted by molar-refractivity contribution is 0.0697. The molecule has 0 aliphatic carbocycles. The zero-order valence-corrected chi connectivity index (χ0v) is 11.5. The number of urea groups is 1. The molecule has 0 aliphatic heterocycles. The van der Waals surface area contributed by atoms with Crippen molar-refractivity contribution in [1.82, 2.24) is 10.3 Å². The van der Waals surface area contributed by atoms with Crippen molar-refractivity contribution in [2.45, 2.75) is 13.5 Å². The van der Waals surface area contributed by atoms with E-state index in [1.807, 2.05) is 0 Å². The molecule has 0 atom stereocenters. The van der Waals surface area contributed by atoms with Crippen LogP contribution in [-0.2, 0) is 6.54 Å². The Kier molecular flexibility index (Phi) is 4.50. The summed E-state index contributed by atoms with van der Waals surface area (Å²) in [5.74, 6) is -0.973. The molecule has 3 N–H and O–H groups in total. The fraction of sp³-hybridized carbons (Fsp3) is 0.133. The van der Waals surface area contributed by atoms with Gasteiger partial charge in [-0.2, -0.15) is 0 Å². The number of aryl methyl sites for hydroxylation is 1. The van der Waals surface area contributed by atoms with Gasteiger partial charge in [-0.1, -0.05) is 12.1 Å². The van der Waals surface area contributed by atoms with Gasteiger partial charge in [0.2, 0.25) is 0 Å². The molecule has 2 amide bonds. The van der Waals surface area contributed by atoms with E-state index in [0.29, 0.717) is 12.2 Å². The van der Waals surface area contributed by atoms with Gasteiger partial charge in [0.1, 0.15) is 0 Å². The average molecular weight is 285 g/mol. The highest BCUT2D eigenvalue weighted by molar-refractivity contribution is 5.89. The molecule has 0 saturated carbocycles. The molecule has 0 aliphatic rings. The summed E-state index contributed by atoms with van der Waals surface area (Å²) < 4.78 is 0. The number of nitrogens with zero attached hydrogens (tertiary/aromatic N) is 1. The highest BCUT2D eigenvalue weighted by Crippen LogP contribution is 2.10. The van der Waals surface area contributed by atoms with Gasteiger partial charge in [-0.15, -0.1) is 0 Å². The first-order chi connectivity index (χ1) is 10.1. The van der Waals surface area contributed by atoms with Crippen LogP contribution in [0.2, 0.25) is 0 Å². The molecule has 0 radical (unpaired) electrons. The maximum atomic E-state index is 11.8. The third kappa shape index (κ3) is 4.04. The number of carboxylic acids is 1. The van der Waals surface area contributed by atoms with Gasteiger partial charge in [-0.05, 0) is 36.8 Å². The normalized spacial score (nSPS) is 9.95. The fourth-order valence-corrected chi connectivity index (χ4v) is 1.73. The summed E-state index contributed by atoms with van der Waals surface area (Å²) in [6, 6.07) is 9.51. The Morgan fingerprint density at radius 3 is 2.52 bits per heavy atom. The maximum absolute atomic E-state index is 11.8. The number of rotatable bonds is 4. The number of nitrogens with one attached hydrogen (secondary N) is 2. The minimum absolute atomic E-state index is 0.217. The standard InChI is InChI=1S/C15H15N3O3/c1-10-13(3-2-8-16-10)18-15(21)17-9-11-4-6-12(7-5-11)14(19)20/h2-8H,9H2,1H3,(H,19,20)(H2,17,18,21). The van der Waals surface area contributed by atoms with Crippen molar-refractivity contribution in [1.29, 1.82) is 0 Å². The van der Waals surface area contributed by atoms with E-state index in [1.165, 1.54) is 12.1 Å². The number of aromatic carboxylic acids is 1. The Balaban J connectivity index is 1.89. The van der Waals surface area contributed by atoms with Crippen LogP contribution < -0.4 is 10.6 Å². The van der Waals surface area contributed by atoms with Gasteiger partial charge in [-0.3, -0.25) is 4.98 Å². The lowest BCUT2D eigenvalue weighted by atomic mass is 10.1. The molecule has 21 heavy (non-hydrogen) atoms. The van der Waals surface area contributed by atoms with Crippen molar-refractivity contribution in [3.63, 3.8) is 0 Å². The van der Waals surface area contributed by atoms with E-state index < -0.39 is 5.97 Å². The molecular formula is C15H15N3O3. The van der Waals surface area contributed by atoms with Crippen LogP contribution in [0.3, 0.4) is 0 Å². The molecule has 0 spiro atoms. The van der Waals surface area contributed by atoms with Crippen molar-refractivity contribution in [2.75, 3.05) is 5.32 Å². The Bertz CT molecular complexity index is 653. The molecular weight excluding hydrogens is 270 g/mol. The number of aromatic nitrogens is 1. The highest BCUT2D eigenvalue weighted by atomic mass is 16.4. The molecule has 0 fully saturated rings. The lowest BCUT2D eigenvalue weighted by Crippen LogP contribution is -2.28. The third-order valence-electron chi connectivity index (χ3n) is 2.91. The zero-order valence-electron chi connectivity index (χ0n) is 11.5. The van der Waals surface area contributed by atoms with Gasteiger partial charge in [0.05, 0.1) is 16.9 Å². The maximum Gasteiger partial charge on any atom is 0.335 e. The van der Waals surface area contributed by atoms with Gasteiger partial charge in [0.25, 0.3) is 0 Å². The first kappa shape index (κ1) is 14.5. The van der Waals surface area contributed by atoms with Crippen LogP contribution in [0.5, 0.6) is 0 Å². The lowest BCUT2D eigenvalue weighted by Gasteiger charge is -2.09. The van der Waals surface area contributed by atoms with E-state index >= 15 is 0 Å². The van der Waals surface area contributed by atoms with Crippen LogP contribution in [0.4, 0.5) is 10.5 Å². The molecule has 108 valence electrons. The first-order valence-corrected chi connectivity index (χ1v) is 6.35. The van der Waals surface area contributed by atoms with Crippen LogP contribution in [0, 0.1) is 6.92 Å². The van der Waals surface area contributed by atoms with Gasteiger partial charge in [-0.25, -0.2) is 9.59 Å². The summed E-state index contributed by atoms with van der Waals surface area (Å²) in [6.45, 7) is 2.12. The number of anilines is 1. The van der Waals surface area contributed by atoms with Gasteiger partial charge >= 0.3 is 12.0 Å². The van der Waals surface area contributed by atoms with E-state index in [1.54, 1.807) is 37.4 Å². The molecule has 6 nitrogen and oxygen atoms in total. The van der Waals surface area contributed by atoms with E-state index in [-0.39, 0.29) is 11.6 Å². The predicted molar refractivity (Wildman–Crippen MR) is 78.2 cm³/mol. The summed E-state index contributed by atoms with van der Waals surface area (Å²) in [5.41, 5.74) is 2.42. The van der Waals surface area contributed by atoms with E-state index in [2.05, 4.69) is 15.6 Å².